The summed E-state index contributed by atoms with van der Waals surface area (Å²) in [4.78, 5) is 4.03. The Bertz CT molecular complexity index is 213. The van der Waals surface area contributed by atoms with E-state index in [4.69, 9.17) is 0 Å². The molecule has 1 atom stereocenters. The highest BCUT2D eigenvalue weighted by Crippen LogP contribution is 2.17. The Labute approximate surface area is 60.3 Å². The first kappa shape index (κ1) is 5.71. The van der Waals surface area contributed by atoms with Gasteiger partial charge in [-0.25, -0.2) is 0 Å². The van der Waals surface area contributed by atoms with E-state index in [9.17, 15) is 0 Å². The lowest BCUT2D eigenvalue weighted by atomic mass is 9.97. The van der Waals surface area contributed by atoms with E-state index in [0.29, 0.717) is 6.04 Å². The molecule has 0 saturated carbocycles. The fourth-order valence-corrected chi connectivity index (χ4v) is 1.33. The van der Waals surface area contributed by atoms with Gasteiger partial charge in [0, 0.05) is 5.57 Å². The van der Waals surface area contributed by atoms with Crippen LogP contribution in [0.3, 0.4) is 0 Å². The average molecular weight is 134 g/mol. The van der Waals surface area contributed by atoms with Crippen molar-refractivity contribution in [1.82, 2.24) is 10.3 Å². The molecule has 1 radical (unpaired) electrons. The molecule has 1 N–H and O–H groups in total. The van der Waals surface area contributed by atoms with Gasteiger partial charge in [-0.3, -0.25) is 5.32 Å². The van der Waals surface area contributed by atoms with E-state index in [0.717, 1.165) is 6.42 Å². The van der Waals surface area contributed by atoms with Gasteiger partial charge in [-0.1, -0.05) is 11.1 Å². The third-order valence-corrected chi connectivity index (χ3v) is 1.90. The lowest BCUT2D eigenvalue weighted by molar-refractivity contribution is 0.727. The molecule has 1 unspecified atom stereocenters. The van der Waals surface area contributed by atoms with Gasteiger partial charge in [0.15, 0.2) is 0 Å². The topological polar surface area (TPSA) is 26.1 Å². The van der Waals surface area contributed by atoms with E-state index >= 15 is 0 Å². The summed E-state index contributed by atoms with van der Waals surface area (Å²) in [5.41, 5.74) is 1.41. The molecule has 0 spiro atoms. The number of rotatable bonds is 0. The van der Waals surface area contributed by atoms with Crippen LogP contribution >= 0.6 is 0 Å². The summed E-state index contributed by atoms with van der Waals surface area (Å²) in [6.07, 6.45) is 10.5. The van der Waals surface area contributed by atoms with E-state index in [1.54, 1.807) is 6.34 Å². The van der Waals surface area contributed by atoms with Gasteiger partial charge < -0.3 is 0 Å². The Hall–Kier alpha value is -1.05. The molecule has 1 aliphatic heterocycles. The summed E-state index contributed by atoms with van der Waals surface area (Å²) >= 11 is 0. The molecule has 0 aromatic heterocycles. The maximum atomic E-state index is 4.03. The first-order chi connectivity index (χ1) is 4.97. The second-order valence-electron chi connectivity index (χ2n) is 2.59. The highest BCUT2D eigenvalue weighted by Gasteiger charge is 2.19. The molecule has 0 saturated heterocycles. The number of nitrogens with one attached hydrogen (secondary N) is 1. The zero-order valence-corrected chi connectivity index (χ0v) is 5.75. The van der Waals surface area contributed by atoms with Crippen LogP contribution in [0.4, 0.5) is 0 Å². The zero-order valence-electron chi connectivity index (χ0n) is 5.75. The molecule has 0 aromatic rings. The minimum absolute atomic E-state index is 0.436. The quantitative estimate of drug-likeness (QED) is 0.481. The number of allylic oxidation sites excluding steroid dienone is 1. The van der Waals surface area contributed by atoms with Gasteiger partial charge in [-0.15, -0.1) is 0 Å². The van der Waals surface area contributed by atoms with Crippen LogP contribution in [0, 0.1) is 0 Å². The van der Waals surface area contributed by atoms with Gasteiger partial charge in [0.25, 0.3) is 6.34 Å². The highest BCUT2D eigenvalue weighted by atomic mass is 15.0. The lowest BCUT2D eigenvalue weighted by Gasteiger charge is -2.15. The van der Waals surface area contributed by atoms with Gasteiger partial charge in [-0.2, -0.15) is 0 Å². The Kier molecular flexibility index (Phi) is 1.31. The normalized spacial score (nSPS) is 28.8. The van der Waals surface area contributed by atoms with Crippen molar-refractivity contribution in [2.45, 2.75) is 18.9 Å². The number of aliphatic imine (C=N–C) groups is 1. The summed E-state index contributed by atoms with van der Waals surface area (Å²) in [6.45, 7) is 0. The molecular formula is C8H10N2+. The van der Waals surface area contributed by atoms with Gasteiger partial charge in [0.05, 0.1) is 0 Å². The summed E-state index contributed by atoms with van der Waals surface area (Å²) in [7, 11) is 0. The van der Waals surface area contributed by atoms with Crippen molar-refractivity contribution in [3.63, 3.8) is 0 Å². The molecular weight excluding hydrogens is 124 g/mol. The molecule has 10 heavy (non-hydrogen) atoms. The maximum absolute atomic E-state index is 4.03. The summed E-state index contributed by atoms with van der Waals surface area (Å²) in [5, 5.41) is 3.17. The fraction of sp³-hybridized carbons (Fsp3) is 0.375. The molecule has 2 rings (SSSR count). The van der Waals surface area contributed by atoms with Crippen molar-refractivity contribution in [1.29, 1.82) is 0 Å². The second-order valence-corrected chi connectivity index (χ2v) is 2.59. The standard InChI is InChI=1S/C8H10N2/c1-2-4-8-7(3-1)5-9-6-10-8/h2,4-6,8,10H,1,3H2/q+1. The summed E-state index contributed by atoms with van der Waals surface area (Å²) < 4.78 is 0. The molecule has 0 fully saturated rings. The van der Waals surface area contributed by atoms with Crippen LogP contribution in [0.2, 0.25) is 0 Å². The maximum Gasteiger partial charge on any atom is 0.280 e. The first-order valence-electron chi connectivity index (χ1n) is 3.60. The summed E-state index contributed by atoms with van der Waals surface area (Å²) in [5.74, 6) is 0. The van der Waals surface area contributed by atoms with E-state index < -0.39 is 0 Å². The van der Waals surface area contributed by atoms with Crippen LogP contribution in [0.1, 0.15) is 12.8 Å². The van der Waals surface area contributed by atoms with Crippen LogP contribution in [-0.2, 0) is 0 Å². The zero-order chi connectivity index (χ0) is 6.81. The minimum atomic E-state index is 0.436. The molecule has 2 aliphatic rings. The van der Waals surface area contributed by atoms with Gasteiger partial charge >= 0.3 is 0 Å². The van der Waals surface area contributed by atoms with Gasteiger partial charge in [-0.05, 0) is 18.9 Å². The number of fused-ring (bicyclic) bond motifs is 1. The van der Waals surface area contributed by atoms with Crippen LogP contribution in [-0.4, -0.2) is 12.4 Å². The molecule has 1 heterocycles. The van der Waals surface area contributed by atoms with Gasteiger partial charge in [0.1, 0.15) is 12.2 Å². The minimum Gasteiger partial charge on any atom is -0.267 e. The number of hydrogen-bond donors (Lipinski definition) is 1. The van der Waals surface area contributed by atoms with E-state index in [1.165, 1.54) is 12.0 Å². The van der Waals surface area contributed by atoms with Crippen molar-refractivity contribution >= 4 is 6.34 Å². The van der Waals surface area contributed by atoms with Crippen LogP contribution < -0.4 is 10.3 Å². The Balaban J connectivity index is 2.26. The number of hydrogen-bond acceptors (Lipinski definition) is 2. The van der Waals surface area contributed by atoms with E-state index in [1.807, 2.05) is 6.20 Å². The predicted octanol–water partition coefficient (Wildman–Crippen LogP) is 0.556. The van der Waals surface area contributed by atoms with Crippen LogP contribution in [0.5, 0.6) is 0 Å². The number of nitrogens with zero attached hydrogens (tertiary/aromatic N) is 1. The third-order valence-electron chi connectivity index (χ3n) is 1.90. The molecule has 0 bridgehead atoms. The molecule has 2 heteroatoms. The Morgan fingerprint density at radius 3 is 3.50 bits per heavy atom. The monoisotopic (exact) mass is 134 g/mol. The van der Waals surface area contributed by atoms with Crippen LogP contribution in [0.25, 0.3) is 0 Å². The molecule has 0 aromatic carbocycles. The van der Waals surface area contributed by atoms with Crippen molar-refractivity contribution < 1.29 is 0 Å². The Morgan fingerprint density at radius 1 is 1.60 bits per heavy atom. The third kappa shape index (κ3) is 0.856. The van der Waals surface area contributed by atoms with E-state index in [2.05, 4.69) is 22.5 Å². The van der Waals surface area contributed by atoms with Gasteiger partial charge in [0.2, 0.25) is 0 Å². The smallest absolute Gasteiger partial charge is 0.267 e. The summed E-state index contributed by atoms with van der Waals surface area (Å²) in [6, 6.07) is 0.436. The SMILES string of the molecule is C1=CC2NC=[N+]C=C2CC1. The largest absolute Gasteiger partial charge is 0.280 e. The average Bonchev–Trinajstić information content (AvgIpc) is 2.05. The van der Waals surface area contributed by atoms with Crippen molar-refractivity contribution in [3.05, 3.63) is 23.9 Å². The lowest BCUT2D eigenvalue weighted by Crippen LogP contribution is -2.33. The highest BCUT2D eigenvalue weighted by molar-refractivity contribution is 5.58. The first-order valence-corrected chi connectivity index (χ1v) is 3.60. The molecule has 2 nitrogen and oxygen atoms in total. The molecule has 0 amide bonds. The fourth-order valence-electron chi connectivity index (χ4n) is 1.33. The predicted molar refractivity (Wildman–Crippen MR) is 41.6 cm³/mol. The van der Waals surface area contributed by atoms with Crippen molar-refractivity contribution in [2.24, 2.45) is 0 Å². The second kappa shape index (κ2) is 2.29. The molecule has 51 valence electrons. The Morgan fingerprint density at radius 2 is 2.60 bits per heavy atom. The van der Waals surface area contributed by atoms with Crippen molar-refractivity contribution in [3.8, 4) is 0 Å². The molecule has 1 aliphatic carbocycles. The van der Waals surface area contributed by atoms with Crippen LogP contribution in [0.15, 0.2) is 23.9 Å². The van der Waals surface area contributed by atoms with E-state index in [-0.39, 0.29) is 0 Å². The van der Waals surface area contributed by atoms with Crippen molar-refractivity contribution in [2.75, 3.05) is 0 Å².